The molecule has 96 valence electrons. The van der Waals surface area contributed by atoms with E-state index in [1.54, 1.807) is 6.07 Å². The van der Waals surface area contributed by atoms with Crippen LogP contribution in [-0.2, 0) is 0 Å². The number of carboxylic acid groups (broad SMARTS) is 1. The smallest absolute Gasteiger partial charge is 0.335 e. The maximum absolute atomic E-state index is 11.1. The van der Waals surface area contributed by atoms with Crippen molar-refractivity contribution in [2.45, 2.75) is 0 Å². The van der Waals surface area contributed by atoms with Gasteiger partial charge in [-0.3, -0.25) is 0 Å². The third kappa shape index (κ3) is 1.86. The Morgan fingerprint density at radius 2 is 2.32 bits per heavy atom. The van der Waals surface area contributed by atoms with Gasteiger partial charge in [0.25, 0.3) is 0 Å². The molecule has 0 saturated heterocycles. The Morgan fingerprint density at radius 1 is 1.47 bits per heavy atom. The SMILES string of the molecule is COc1cc(C(=O)O)cc2c(-c3cccs3)noc12. The molecule has 1 N–H and O–H groups in total. The van der Waals surface area contributed by atoms with Crippen molar-refractivity contribution < 1.29 is 19.2 Å². The number of aromatic nitrogens is 1. The van der Waals surface area contributed by atoms with Crippen LogP contribution < -0.4 is 4.74 Å². The van der Waals surface area contributed by atoms with Crippen molar-refractivity contribution in [3.8, 4) is 16.3 Å². The van der Waals surface area contributed by atoms with Crippen LogP contribution in [0.2, 0.25) is 0 Å². The maximum Gasteiger partial charge on any atom is 0.335 e. The van der Waals surface area contributed by atoms with Crippen LogP contribution in [0.4, 0.5) is 0 Å². The molecule has 2 heterocycles. The van der Waals surface area contributed by atoms with Crippen molar-refractivity contribution in [2.75, 3.05) is 7.11 Å². The fourth-order valence-electron chi connectivity index (χ4n) is 1.88. The molecule has 3 aromatic rings. The summed E-state index contributed by atoms with van der Waals surface area (Å²) in [5.41, 5.74) is 1.23. The summed E-state index contributed by atoms with van der Waals surface area (Å²) in [5.74, 6) is -0.649. The molecule has 3 rings (SSSR count). The summed E-state index contributed by atoms with van der Waals surface area (Å²) in [6, 6.07) is 6.78. The summed E-state index contributed by atoms with van der Waals surface area (Å²) in [5, 5.41) is 15.7. The van der Waals surface area contributed by atoms with Gasteiger partial charge in [0.1, 0.15) is 5.69 Å². The van der Waals surface area contributed by atoms with Gasteiger partial charge in [0.05, 0.1) is 22.9 Å². The first-order valence-electron chi connectivity index (χ1n) is 5.45. The summed E-state index contributed by atoms with van der Waals surface area (Å²) >= 11 is 1.51. The summed E-state index contributed by atoms with van der Waals surface area (Å²) in [7, 11) is 1.47. The first-order chi connectivity index (χ1) is 9.20. The summed E-state index contributed by atoms with van der Waals surface area (Å²) < 4.78 is 10.4. The molecule has 0 aliphatic heterocycles. The Morgan fingerprint density at radius 3 is 2.95 bits per heavy atom. The monoisotopic (exact) mass is 275 g/mol. The number of carbonyl (C=O) groups is 1. The number of methoxy groups -OCH3 is 1. The molecule has 19 heavy (non-hydrogen) atoms. The molecule has 1 aromatic carbocycles. The fourth-order valence-corrected chi connectivity index (χ4v) is 2.60. The largest absolute Gasteiger partial charge is 0.493 e. The summed E-state index contributed by atoms with van der Waals surface area (Å²) in [4.78, 5) is 12.0. The highest BCUT2D eigenvalue weighted by molar-refractivity contribution is 7.13. The number of ether oxygens (including phenoxy) is 1. The van der Waals surface area contributed by atoms with E-state index in [4.69, 9.17) is 14.4 Å². The van der Waals surface area contributed by atoms with E-state index in [-0.39, 0.29) is 5.56 Å². The topological polar surface area (TPSA) is 72.6 Å². The minimum absolute atomic E-state index is 0.144. The van der Waals surface area contributed by atoms with E-state index >= 15 is 0 Å². The van der Waals surface area contributed by atoms with Crippen molar-refractivity contribution >= 4 is 28.3 Å². The molecule has 0 aliphatic rings. The predicted molar refractivity (Wildman–Crippen MR) is 70.8 cm³/mol. The second-order valence-corrected chi connectivity index (χ2v) is 4.82. The Bertz CT molecular complexity index is 745. The van der Waals surface area contributed by atoms with Crippen LogP contribution in [0.15, 0.2) is 34.2 Å². The highest BCUT2D eigenvalue weighted by atomic mass is 32.1. The van der Waals surface area contributed by atoms with E-state index in [9.17, 15) is 4.79 Å². The van der Waals surface area contributed by atoms with Gasteiger partial charge in [-0.15, -0.1) is 11.3 Å². The lowest BCUT2D eigenvalue weighted by atomic mass is 10.1. The number of benzene rings is 1. The van der Waals surface area contributed by atoms with Gasteiger partial charge < -0.3 is 14.4 Å². The maximum atomic E-state index is 11.1. The molecule has 6 heteroatoms. The van der Waals surface area contributed by atoms with Crippen LogP contribution in [0, 0.1) is 0 Å². The van der Waals surface area contributed by atoms with Gasteiger partial charge >= 0.3 is 5.97 Å². The van der Waals surface area contributed by atoms with Crippen molar-refractivity contribution in [2.24, 2.45) is 0 Å². The number of nitrogens with zero attached hydrogens (tertiary/aromatic N) is 1. The molecule has 0 spiro atoms. The molecule has 0 bridgehead atoms. The number of hydrogen-bond acceptors (Lipinski definition) is 5. The Labute approximate surface area is 112 Å². The summed E-state index contributed by atoms with van der Waals surface area (Å²) in [6.45, 7) is 0. The number of fused-ring (bicyclic) bond motifs is 1. The van der Waals surface area contributed by atoms with Crippen LogP contribution in [0.5, 0.6) is 5.75 Å². The minimum Gasteiger partial charge on any atom is -0.493 e. The number of thiophene rings is 1. The molecule has 0 atom stereocenters. The lowest BCUT2D eigenvalue weighted by molar-refractivity contribution is 0.0696. The molecule has 0 radical (unpaired) electrons. The second kappa shape index (κ2) is 4.40. The number of hydrogen-bond donors (Lipinski definition) is 1. The Kier molecular flexibility index (Phi) is 2.72. The van der Waals surface area contributed by atoms with Gasteiger partial charge in [-0.05, 0) is 23.6 Å². The van der Waals surface area contributed by atoms with E-state index in [0.717, 1.165) is 4.88 Å². The first kappa shape index (κ1) is 11.7. The molecule has 5 nitrogen and oxygen atoms in total. The van der Waals surface area contributed by atoms with Crippen molar-refractivity contribution in [1.29, 1.82) is 0 Å². The average Bonchev–Trinajstić information content (AvgIpc) is 3.05. The molecule has 0 amide bonds. The normalized spacial score (nSPS) is 10.8. The molecule has 0 unspecified atom stereocenters. The van der Waals surface area contributed by atoms with Crippen LogP contribution in [0.25, 0.3) is 21.5 Å². The number of aromatic carboxylic acids is 1. The van der Waals surface area contributed by atoms with E-state index in [1.807, 2.05) is 17.5 Å². The molecular formula is C13H9NO4S. The fraction of sp³-hybridized carbons (Fsp3) is 0.0769. The van der Waals surface area contributed by atoms with Crippen molar-refractivity contribution in [3.63, 3.8) is 0 Å². The molecule has 2 aromatic heterocycles. The lowest BCUT2D eigenvalue weighted by Crippen LogP contribution is -1.97. The number of rotatable bonds is 3. The highest BCUT2D eigenvalue weighted by Crippen LogP contribution is 2.36. The molecule has 0 aliphatic carbocycles. The number of carboxylic acids is 1. The molecular weight excluding hydrogens is 266 g/mol. The van der Waals surface area contributed by atoms with Gasteiger partial charge in [-0.25, -0.2) is 4.79 Å². The van der Waals surface area contributed by atoms with Crippen LogP contribution in [0.1, 0.15) is 10.4 Å². The van der Waals surface area contributed by atoms with Crippen molar-refractivity contribution in [3.05, 3.63) is 35.2 Å². The van der Waals surface area contributed by atoms with E-state index in [2.05, 4.69) is 5.16 Å². The highest BCUT2D eigenvalue weighted by Gasteiger charge is 2.18. The van der Waals surface area contributed by atoms with E-state index < -0.39 is 5.97 Å². The molecule has 0 fully saturated rings. The minimum atomic E-state index is -1.02. The zero-order valence-electron chi connectivity index (χ0n) is 9.91. The van der Waals surface area contributed by atoms with Gasteiger partial charge in [0.2, 0.25) is 5.58 Å². The van der Waals surface area contributed by atoms with E-state index in [1.165, 1.54) is 24.5 Å². The standard InChI is InChI=1S/C13H9NO4S/c1-17-9-6-7(13(15)16)5-8-11(14-18-12(8)9)10-3-2-4-19-10/h2-6H,1H3,(H,15,16). The zero-order chi connectivity index (χ0) is 13.4. The first-order valence-corrected chi connectivity index (χ1v) is 6.33. The summed E-state index contributed by atoms with van der Waals surface area (Å²) in [6.07, 6.45) is 0. The second-order valence-electron chi connectivity index (χ2n) is 3.87. The van der Waals surface area contributed by atoms with Crippen LogP contribution in [0.3, 0.4) is 0 Å². The quantitative estimate of drug-likeness (QED) is 0.794. The van der Waals surface area contributed by atoms with Gasteiger partial charge in [-0.2, -0.15) is 0 Å². The van der Waals surface area contributed by atoms with Gasteiger partial charge in [0.15, 0.2) is 5.75 Å². The van der Waals surface area contributed by atoms with Crippen LogP contribution in [-0.4, -0.2) is 23.3 Å². The third-order valence-corrected chi connectivity index (χ3v) is 3.64. The van der Waals surface area contributed by atoms with Gasteiger partial charge in [0, 0.05) is 0 Å². The molecule has 0 saturated carbocycles. The Hall–Kier alpha value is -2.34. The Balaban J connectivity index is 2.32. The average molecular weight is 275 g/mol. The van der Waals surface area contributed by atoms with Crippen molar-refractivity contribution in [1.82, 2.24) is 5.16 Å². The third-order valence-electron chi connectivity index (χ3n) is 2.76. The van der Waals surface area contributed by atoms with Crippen LogP contribution >= 0.6 is 11.3 Å². The zero-order valence-corrected chi connectivity index (χ0v) is 10.7. The van der Waals surface area contributed by atoms with E-state index in [0.29, 0.717) is 22.4 Å². The lowest BCUT2D eigenvalue weighted by Gasteiger charge is -2.02. The van der Waals surface area contributed by atoms with Gasteiger partial charge in [-0.1, -0.05) is 11.2 Å². The predicted octanol–water partition coefficient (Wildman–Crippen LogP) is 3.26.